The molecule has 1 N–H and O–H groups in total. The van der Waals surface area contributed by atoms with E-state index in [1.54, 1.807) is 0 Å². The van der Waals surface area contributed by atoms with Crippen LogP contribution in [0.3, 0.4) is 0 Å². The maximum absolute atomic E-state index is 12.6. The molecule has 0 saturated carbocycles. The molecule has 1 amide bonds. The number of carbonyl (C=O) groups excluding carboxylic acids is 1. The minimum atomic E-state index is -0.0452. The summed E-state index contributed by atoms with van der Waals surface area (Å²) in [5.41, 5.74) is 3.84. The van der Waals surface area contributed by atoms with Crippen molar-refractivity contribution in [3.63, 3.8) is 0 Å². The van der Waals surface area contributed by atoms with Crippen LogP contribution >= 0.6 is 0 Å². The highest BCUT2D eigenvalue weighted by molar-refractivity contribution is 5.92. The van der Waals surface area contributed by atoms with Gasteiger partial charge in [0, 0.05) is 12.6 Å². The number of anilines is 1. The van der Waals surface area contributed by atoms with Crippen molar-refractivity contribution in [3.8, 4) is 0 Å². The minimum Gasteiger partial charge on any atom is -0.310 e. The molecular weight excluding hydrogens is 322 g/mol. The van der Waals surface area contributed by atoms with Crippen molar-refractivity contribution >= 4 is 17.4 Å². The van der Waals surface area contributed by atoms with E-state index in [1.165, 1.54) is 0 Å². The lowest BCUT2D eigenvalue weighted by atomic mass is 10.1. The Morgan fingerprint density at radius 1 is 0.846 bits per heavy atom. The largest absolute Gasteiger partial charge is 0.310 e. The SMILES string of the molecule is O=C(Cc1ccccc1)Nc1c(Cc2ccccc2)nc2ccccn12. The Kier molecular flexibility index (Phi) is 4.48. The van der Waals surface area contributed by atoms with Gasteiger partial charge in [0.15, 0.2) is 0 Å². The van der Waals surface area contributed by atoms with Gasteiger partial charge in [-0.25, -0.2) is 4.98 Å². The van der Waals surface area contributed by atoms with Gasteiger partial charge in [0.25, 0.3) is 0 Å². The van der Waals surface area contributed by atoms with Crippen LogP contribution in [0.25, 0.3) is 5.65 Å². The van der Waals surface area contributed by atoms with Crippen LogP contribution in [0.15, 0.2) is 85.1 Å². The van der Waals surface area contributed by atoms with Crippen molar-refractivity contribution in [2.45, 2.75) is 12.8 Å². The number of aromatic nitrogens is 2. The number of carbonyl (C=O) groups is 1. The molecule has 0 atom stereocenters. The van der Waals surface area contributed by atoms with Gasteiger partial charge < -0.3 is 5.32 Å². The second kappa shape index (κ2) is 7.23. The Bertz CT molecular complexity index is 1020. The van der Waals surface area contributed by atoms with Gasteiger partial charge in [-0.05, 0) is 23.3 Å². The van der Waals surface area contributed by atoms with Crippen molar-refractivity contribution in [1.29, 1.82) is 0 Å². The molecule has 4 heteroatoms. The Balaban J connectivity index is 1.64. The van der Waals surface area contributed by atoms with Crippen LogP contribution in [0, 0.1) is 0 Å². The number of amides is 1. The number of fused-ring (bicyclic) bond motifs is 1. The molecule has 4 rings (SSSR count). The quantitative estimate of drug-likeness (QED) is 0.594. The van der Waals surface area contributed by atoms with Gasteiger partial charge in [-0.15, -0.1) is 0 Å². The number of hydrogen-bond acceptors (Lipinski definition) is 2. The van der Waals surface area contributed by atoms with Gasteiger partial charge in [0.05, 0.1) is 12.1 Å². The van der Waals surface area contributed by atoms with E-state index in [9.17, 15) is 4.79 Å². The molecular formula is C22H19N3O. The summed E-state index contributed by atoms with van der Waals surface area (Å²) in [4.78, 5) is 17.3. The summed E-state index contributed by atoms with van der Waals surface area (Å²) in [5, 5.41) is 3.06. The molecule has 4 aromatic rings. The Morgan fingerprint density at radius 2 is 1.50 bits per heavy atom. The molecule has 2 aromatic heterocycles. The van der Waals surface area contributed by atoms with Gasteiger partial charge in [-0.2, -0.15) is 0 Å². The summed E-state index contributed by atoms with van der Waals surface area (Å²) in [6, 6.07) is 25.7. The molecule has 4 nitrogen and oxygen atoms in total. The molecule has 0 aliphatic rings. The summed E-state index contributed by atoms with van der Waals surface area (Å²) in [5.74, 6) is 0.696. The molecule has 0 bridgehead atoms. The molecule has 0 aliphatic heterocycles. The van der Waals surface area contributed by atoms with E-state index in [0.717, 1.165) is 28.3 Å². The fourth-order valence-corrected chi connectivity index (χ4v) is 3.05. The monoisotopic (exact) mass is 341 g/mol. The van der Waals surface area contributed by atoms with E-state index in [4.69, 9.17) is 4.98 Å². The molecule has 0 spiro atoms. The molecule has 0 unspecified atom stereocenters. The summed E-state index contributed by atoms with van der Waals surface area (Å²) in [7, 11) is 0. The number of benzene rings is 2. The average molecular weight is 341 g/mol. The first-order valence-corrected chi connectivity index (χ1v) is 8.63. The van der Waals surface area contributed by atoms with Gasteiger partial charge in [0.1, 0.15) is 11.5 Å². The number of nitrogens with one attached hydrogen (secondary N) is 1. The maximum Gasteiger partial charge on any atom is 0.229 e. The third-order valence-electron chi connectivity index (χ3n) is 4.28. The van der Waals surface area contributed by atoms with Crippen LogP contribution in [-0.4, -0.2) is 15.3 Å². The third kappa shape index (κ3) is 3.49. The van der Waals surface area contributed by atoms with Crippen LogP contribution in [0.4, 0.5) is 5.82 Å². The van der Waals surface area contributed by atoms with Crippen LogP contribution in [-0.2, 0) is 17.6 Å². The molecule has 0 saturated heterocycles. The average Bonchev–Trinajstić information content (AvgIpc) is 3.00. The highest BCUT2D eigenvalue weighted by Gasteiger charge is 2.15. The molecule has 0 radical (unpaired) electrons. The van der Waals surface area contributed by atoms with Crippen molar-refractivity contribution in [2.24, 2.45) is 0 Å². The van der Waals surface area contributed by atoms with E-state index >= 15 is 0 Å². The number of hydrogen-bond donors (Lipinski definition) is 1. The summed E-state index contributed by atoms with van der Waals surface area (Å²) < 4.78 is 1.93. The molecule has 128 valence electrons. The van der Waals surface area contributed by atoms with Crippen molar-refractivity contribution in [3.05, 3.63) is 102 Å². The highest BCUT2D eigenvalue weighted by Crippen LogP contribution is 2.21. The van der Waals surface area contributed by atoms with Gasteiger partial charge in [-0.3, -0.25) is 9.20 Å². The Morgan fingerprint density at radius 3 is 2.23 bits per heavy atom. The van der Waals surface area contributed by atoms with Crippen LogP contribution in [0.5, 0.6) is 0 Å². The Labute approximate surface area is 152 Å². The van der Waals surface area contributed by atoms with E-state index in [0.29, 0.717) is 12.8 Å². The normalized spacial score (nSPS) is 10.8. The van der Waals surface area contributed by atoms with Crippen LogP contribution in [0.2, 0.25) is 0 Å². The zero-order chi connectivity index (χ0) is 17.8. The minimum absolute atomic E-state index is 0.0452. The van der Waals surface area contributed by atoms with Crippen LogP contribution < -0.4 is 5.32 Å². The molecule has 0 aliphatic carbocycles. The lowest BCUT2D eigenvalue weighted by molar-refractivity contribution is -0.115. The first-order chi connectivity index (χ1) is 12.8. The predicted molar refractivity (Wildman–Crippen MR) is 103 cm³/mol. The topological polar surface area (TPSA) is 46.4 Å². The van der Waals surface area contributed by atoms with E-state index in [1.807, 2.05) is 77.3 Å². The van der Waals surface area contributed by atoms with Crippen molar-refractivity contribution in [1.82, 2.24) is 9.38 Å². The zero-order valence-electron chi connectivity index (χ0n) is 14.3. The third-order valence-corrected chi connectivity index (χ3v) is 4.28. The standard InChI is InChI=1S/C22H19N3O/c26-21(16-18-11-5-2-6-12-18)24-22-19(15-17-9-3-1-4-10-17)23-20-13-7-8-14-25(20)22/h1-14H,15-16H2,(H,24,26). The Hall–Kier alpha value is -3.40. The predicted octanol–water partition coefficient (Wildman–Crippen LogP) is 4.11. The number of imidazole rings is 1. The number of nitrogens with zero attached hydrogens (tertiary/aromatic N) is 2. The van der Waals surface area contributed by atoms with Crippen molar-refractivity contribution in [2.75, 3.05) is 5.32 Å². The van der Waals surface area contributed by atoms with Gasteiger partial charge in [0.2, 0.25) is 5.91 Å². The smallest absolute Gasteiger partial charge is 0.229 e. The lowest BCUT2D eigenvalue weighted by Crippen LogP contribution is -2.16. The zero-order valence-corrected chi connectivity index (χ0v) is 14.3. The van der Waals surface area contributed by atoms with E-state index < -0.39 is 0 Å². The molecule has 26 heavy (non-hydrogen) atoms. The fourth-order valence-electron chi connectivity index (χ4n) is 3.05. The highest BCUT2D eigenvalue weighted by atomic mass is 16.1. The second-order valence-corrected chi connectivity index (χ2v) is 6.21. The van der Waals surface area contributed by atoms with E-state index in [-0.39, 0.29) is 5.91 Å². The van der Waals surface area contributed by atoms with Crippen molar-refractivity contribution < 1.29 is 4.79 Å². The fraction of sp³-hybridized carbons (Fsp3) is 0.0909. The summed E-state index contributed by atoms with van der Waals surface area (Å²) >= 11 is 0. The molecule has 2 heterocycles. The van der Waals surface area contributed by atoms with Crippen LogP contribution in [0.1, 0.15) is 16.8 Å². The summed E-state index contributed by atoms with van der Waals surface area (Å²) in [6.45, 7) is 0. The first kappa shape index (κ1) is 16.1. The van der Waals surface area contributed by atoms with Gasteiger partial charge in [-0.1, -0.05) is 66.7 Å². The van der Waals surface area contributed by atoms with E-state index in [2.05, 4.69) is 17.4 Å². The lowest BCUT2D eigenvalue weighted by Gasteiger charge is -2.08. The first-order valence-electron chi connectivity index (χ1n) is 8.63. The number of rotatable bonds is 5. The second-order valence-electron chi connectivity index (χ2n) is 6.21. The summed E-state index contributed by atoms with van der Waals surface area (Å²) in [6.07, 6.45) is 2.93. The maximum atomic E-state index is 12.6. The number of pyridine rings is 1. The van der Waals surface area contributed by atoms with Gasteiger partial charge >= 0.3 is 0 Å². The molecule has 2 aromatic carbocycles. The molecule has 0 fully saturated rings.